The van der Waals surface area contributed by atoms with E-state index in [1.165, 1.54) is 6.92 Å². The molecule has 0 aromatic carbocycles. The van der Waals surface area contributed by atoms with Crippen molar-refractivity contribution >= 4 is 33.7 Å². The third kappa shape index (κ3) is 5.47. The van der Waals surface area contributed by atoms with Gasteiger partial charge < -0.3 is 10.2 Å². The fourth-order valence-electron chi connectivity index (χ4n) is 0.981. The number of halogens is 1. The molecule has 1 atom stereocenters. The Hall–Kier alpha value is -0.770. The number of hydrogen-bond acceptors (Lipinski definition) is 3. The summed E-state index contributed by atoms with van der Waals surface area (Å²) in [7, 11) is 0. The number of ketones is 2. The molecule has 72 valence electrons. The average Bonchev–Trinajstić information content (AvgIpc) is 2.10. The maximum atomic E-state index is 11.1. The van der Waals surface area contributed by atoms with Gasteiger partial charge in [0.1, 0.15) is 5.78 Å². The van der Waals surface area contributed by atoms with E-state index in [1.54, 1.807) is 11.1 Å². The molecule has 0 aliphatic heterocycles. The lowest BCUT2D eigenvalue weighted by Crippen LogP contribution is -2.17. The molecule has 1 unspecified atom stereocenters. The lowest BCUT2D eigenvalue weighted by atomic mass is 9.95. The first-order chi connectivity index (χ1) is 6.11. The lowest BCUT2D eigenvalue weighted by Gasteiger charge is -2.07. The summed E-state index contributed by atoms with van der Waals surface area (Å²) in [5.74, 6) is -0.687. The zero-order valence-electron chi connectivity index (χ0n) is 7.42. The largest absolute Gasteiger partial charge is 0.305 e. The topological polar surface area (TPSA) is 58.0 Å². The van der Waals surface area contributed by atoms with Crippen LogP contribution in [0.4, 0.5) is 0 Å². The quantitative estimate of drug-likeness (QED) is 0.729. The number of rotatable bonds is 6. The van der Waals surface area contributed by atoms with Crippen LogP contribution in [0.15, 0.2) is 11.1 Å². The molecular formula is C9H12BrNO2. The number of allylic oxidation sites excluding steroid dienone is 1. The van der Waals surface area contributed by atoms with Crippen molar-refractivity contribution in [1.29, 1.82) is 5.41 Å². The second-order valence-corrected chi connectivity index (χ2v) is 3.28. The van der Waals surface area contributed by atoms with Gasteiger partial charge in [-0.3, -0.25) is 4.79 Å². The van der Waals surface area contributed by atoms with Crippen molar-refractivity contribution in [3.63, 3.8) is 0 Å². The molecule has 0 aliphatic carbocycles. The molecule has 0 radical (unpaired) electrons. The predicted molar refractivity (Wildman–Crippen MR) is 55.3 cm³/mol. The van der Waals surface area contributed by atoms with E-state index in [0.717, 1.165) is 6.21 Å². The van der Waals surface area contributed by atoms with Crippen LogP contribution in [-0.2, 0) is 9.59 Å². The molecular weight excluding hydrogens is 234 g/mol. The highest BCUT2D eigenvalue weighted by Gasteiger charge is 2.16. The lowest BCUT2D eigenvalue weighted by molar-refractivity contribution is -0.123. The van der Waals surface area contributed by atoms with Crippen molar-refractivity contribution in [2.75, 3.05) is 0 Å². The minimum absolute atomic E-state index is 0.0248. The van der Waals surface area contributed by atoms with Crippen LogP contribution in [0.5, 0.6) is 0 Å². The summed E-state index contributed by atoms with van der Waals surface area (Å²) in [6.45, 7) is 1.45. The van der Waals surface area contributed by atoms with Crippen molar-refractivity contribution in [2.45, 2.75) is 19.8 Å². The van der Waals surface area contributed by atoms with Crippen LogP contribution in [0.3, 0.4) is 0 Å². The molecule has 0 spiro atoms. The van der Waals surface area contributed by atoms with Gasteiger partial charge in [0, 0.05) is 12.3 Å². The molecule has 1 N–H and O–H groups in total. The second-order valence-electron chi connectivity index (χ2n) is 2.75. The van der Waals surface area contributed by atoms with Gasteiger partial charge >= 0.3 is 0 Å². The van der Waals surface area contributed by atoms with Crippen LogP contribution >= 0.6 is 15.9 Å². The van der Waals surface area contributed by atoms with Gasteiger partial charge in [-0.15, -0.1) is 0 Å². The average molecular weight is 246 g/mol. The van der Waals surface area contributed by atoms with Gasteiger partial charge in [0.25, 0.3) is 0 Å². The minimum Gasteiger partial charge on any atom is -0.305 e. The maximum absolute atomic E-state index is 11.1. The third-order valence-electron chi connectivity index (χ3n) is 1.59. The fraction of sp³-hybridized carbons (Fsp3) is 0.444. The highest BCUT2D eigenvalue weighted by atomic mass is 79.9. The number of nitrogens with one attached hydrogen (secondary N) is 1. The normalized spacial score (nSPS) is 12.8. The predicted octanol–water partition coefficient (Wildman–Crippen LogP) is 2.10. The fourth-order valence-corrected chi connectivity index (χ4v) is 1.20. The third-order valence-corrected chi connectivity index (χ3v) is 1.96. The molecule has 0 aromatic heterocycles. The minimum atomic E-state index is -0.371. The monoisotopic (exact) mass is 245 g/mol. The van der Waals surface area contributed by atoms with Crippen LogP contribution in [0, 0.1) is 11.3 Å². The zero-order valence-corrected chi connectivity index (χ0v) is 9.00. The van der Waals surface area contributed by atoms with E-state index in [-0.39, 0.29) is 23.9 Å². The van der Waals surface area contributed by atoms with Gasteiger partial charge in [-0.1, -0.05) is 22.0 Å². The Morgan fingerprint density at radius 2 is 2.15 bits per heavy atom. The number of hydrogen-bond donors (Lipinski definition) is 1. The molecule has 0 amide bonds. The molecule has 3 nitrogen and oxygen atoms in total. The van der Waals surface area contributed by atoms with E-state index >= 15 is 0 Å². The number of Topliss-reactive ketones (excluding diaryl/α,β-unsaturated/α-hetero) is 2. The molecule has 0 aromatic rings. The Balaban J connectivity index is 4.26. The number of carbonyl (C=O) groups excluding carboxylic acids is 2. The molecule has 0 saturated carbocycles. The zero-order chi connectivity index (χ0) is 10.3. The summed E-state index contributed by atoms with van der Waals surface area (Å²) in [6, 6.07) is 0. The summed E-state index contributed by atoms with van der Waals surface area (Å²) >= 11 is 3.08. The molecule has 0 aliphatic rings. The van der Waals surface area contributed by atoms with Crippen molar-refractivity contribution < 1.29 is 9.59 Å². The molecule has 0 fully saturated rings. The van der Waals surface area contributed by atoms with Crippen LogP contribution in [-0.4, -0.2) is 17.8 Å². The van der Waals surface area contributed by atoms with E-state index in [1.807, 2.05) is 0 Å². The Labute approximate surface area is 85.8 Å². The number of carbonyl (C=O) groups is 2. The molecule has 0 bridgehead atoms. The van der Waals surface area contributed by atoms with Crippen LogP contribution in [0.2, 0.25) is 0 Å². The summed E-state index contributed by atoms with van der Waals surface area (Å²) in [5.41, 5.74) is 0. The maximum Gasteiger partial charge on any atom is 0.176 e. The second kappa shape index (κ2) is 6.71. The van der Waals surface area contributed by atoms with Crippen LogP contribution in [0.25, 0.3) is 0 Å². The van der Waals surface area contributed by atoms with Gasteiger partial charge in [0.05, 0.1) is 6.21 Å². The summed E-state index contributed by atoms with van der Waals surface area (Å²) in [6.07, 6.45) is 3.25. The standard InChI is InChI=1S/C9H12BrNO2/c1-7(12)5-8(3-2-4-10)9(13)6-11/h2,4,6,8,11H,3,5H2,1H3/b4-2+,11-6?. The highest BCUT2D eigenvalue weighted by Crippen LogP contribution is 2.11. The van der Waals surface area contributed by atoms with Gasteiger partial charge in [0.2, 0.25) is 0 Å². The van der Waals surface area contributed by atoms with Gasteiger partial charge in [-0.05, 0) is 18.3 Å². The molecule has 0 saturated heterocycles. The smallest absolute Gasteiger partial charge is 0.176 e. The van der Waals surface area contributed by atoms with E-state index < -0.39 is 0 Å². The van der Waals surface area contributed by atoms with Crippen molar-refractivity contribution in [3.8, 4) is 0 Å². The van der Waals surface area contributed by atoms with Crippen molar-refractivity contribution in [1.82, 2.24) is 0 Å². The highest BCUT2D eigenvalue weighted by molar-refractivity contribution is 9.11. The Bertz CT molecular complexity index is 236. The van der Waals surface area contributed by atoms with E-state index in [2.05, 4.69) is 15.9 Å². The first-order valence-corrected chi connectivity index (χ1v) is 4.82. The molecule has 0 heterocycles. The van der Waals surface area contributed by atoms with Gasteiger partial charge in [0.15, 0.2) is 5.78 Å². The van der Waals surface area contributed by atoms with E-state index in [4.69, 9.17) is 5.41 Å². The summed E-state index contributed by atoms with van der Waals surface area (Å²) in [4.78, 5) is 23.5. The Kier molecular flexibility index (Phi) is 6.32. The summed E-state index contributed by atoms with van der Waals surface area (Å²) < 4.78 is 0. The SMILES string of the molecule is CC(=O)CC(C/C=C/Br)C(=O)C=N. The van der Waals surface area contributed by atoms with Crippen LogP contribution in [0.1, 0.15) is 19.8 Å². The van der Waals surface area contributed by atoms with Crippen molar-refractivity contribution in [3.05, 3.63) is 11.1 Å². The van der Waals surface area contributed by atoms with E-state index in [0.29, 0.717) is 6.42 Å². The first kappa shape index (κ1) is 12.2. The van der Waals surface area contributed by atoms with Gasteiger partial charge in [-0.2, -0.15) is 0 Å². The molecule has 13 heavy (non-hydrogen) atoms. The first-order valence-electron chi connectivity index (χ1n) is 3.90. The Morgan fingerprint density at radius 1 is 1.54 bits per heavy atom. The molecule has 4 heteroatoms. The Morgan fingerprint density at radius 3 is 2.54 bits per heavy atom. The van der Waals surface area contributed by atoms with Crippen LogP contribution < -0.4 is 0 Å². The van der Waals surface area contributed by atoms with Gasteiger partial charge in [-0.25, -0.2) is 0 Å². The molecule has 0 rings (SSSR count). The summed E-state index contributed by atoms with van der Waals surface area (Å²) in [5, 5.41) is 6.80. The van der Waals surface area contributed by atoms with E-state index in [9.17, 15) is 9.59 Å². The van der Waals surface area contributed by atoms with Crippen molar-refractivity contribution in [2.24, 2.45) is 5.92 Å².